The van der Waals surface area contributed by atoms with E-state index in [-0.39, 0.29) is 0 Å². The van der Waals surface area contributed by atoms with Gasteiger partial charge in [0.2, 0.25) is 0 Å². The molecule has 0 aromatic rings. The molecule has 0 saturated carbocycles. The summed E-state index contributed by atoms with van der Waals surface area (Å²) in [5.41, 5.74) is 6.33. The second kappa shape index (κ2) is 13.9. The summed E-state index contributed by atoms with van der Waals surface area (Å²) in [5.74, 6) is 0. The van der Waals surface area contributed by atoms with E-state index < -0.39 is 0 Å². The average Bonchev–Trinajstić information content (AvgIpc) is 2.26. The predicted molar refractivity (Wildman–Crippen MR) is 68.9 cm³/mol. The van der Waals surface area contributed by atoms with Crippen LogP contribution in [-0.2, 0) is 0 Å². The maximum atomic E-state index is 3.20. The number of nitrogens with one attached hydrogen (secondary N) is 2. The SMILES string of the molecule is CCCCCCCCCCCNNCC. The molecule has 0 radical (unpaired) electrons. The van der Waals surface area contributed by atoms with Crippen LogP contribution < -0.4 is 10.9 Å². The van der Waals surface area contributed by atoms with Crippen LogP contribution in [0.25, 0.3) is 0 Å². The zero-order valence-corrected chi connectivity index (χ0v) is 10.8. The molecule has 0 aromatic carbocycles. The third kappa shape index (κ3) is 13.9. The molecular weight excluding hydrogens is 184 g/mol. The van der Waals surface area contributed by atoms with Crippen LogP contribution in [0.15, 0.2) is 0 Å². The molecule has 0 amide bonds. The molecule has 0 aromatic heterocycles. The average molecular weight is 214 g/mol. The van der Waals surface area contributed by atoms with E-state index in [4.69, 9.17) is 0 Å². The molecular formula is C13H30N2. The summed E-state index contributed by atoms with van der Waals surface area (Å²) in [6, 6.07) is 0. The molecule has 0 spiro atoms. The van der Waals surface area contributed by atoms with Crippen molar-refractivity contribution in [1.82, 2.24) is 10.9 Å². The van der Waals surface area contributed by atoms with Gasteiger partial charge in [0, 0.05) is 13.1 Å². The van der Waals surface area contributed by atoms with E-state index in [2.05, 4.69) is 24.7 Å². The van der Waals surface area contributed by atoms with Gasteiger partial charge in [-0.25, -0.2) is 0 Å². The van der Waals surface area contributed by atoms with E-state index in [1.54, 1.807) is 0 Å². The zero-order valence-electron chi connectivity index (χ0n) is 10.8. The lowest BCUT2D eigenvalue weighted by Crippen LogP contribution is -2.31. The molecule has 0 rings (SSSR count). The monoisotopic (exact) mass is 214 g/mol. The molecule has 0 atom stereocenters. The smallest absolute Gasteiger partial charge is 0.00997 e. The van der Waals surface area contributed by atoms with Gasteiger partial charge in [0.15, 0.2) is 0 Å². The van der Waals surface area contributed by atoms with Gasteiger partial charge in [-0.1, -0.05) is 65.2 Å². The quantitative estimate of drug-likeness (QED) is 0.383. The van der Waals surface area contributed by atoms with Crippen LogP contribution >= 0.6 is 0 Å². The molecule has 0 aliphatic heterocycles. The molecule has 0 saturated heterocycles. The Morgan fingerprint density at radius 3 is 1.67 bits per heavy atom. The van der Waals surface area contributed by atoms with Crippen LogP contribution in [0.1, 0.15) is 71.6 Å². The summed E-state index contributed by atoms with van der Waals surface area (Å²) in [4.78, 5) is 0. The fourth-order valence-corrected chi connectivity index (χ4v) is 1.74. The Labute approximate surface area is 96.2 Å². The number of unbranched alkanes of at least 4 members (excludes halogenated alkanes) is 8. The first-order valence-corrected chi connectivity index (χ1v) is 6.87. The van der Waals surface area contributed by atoms with Gasteiger partial charge in [0.05, 0.1) is 0 Å². The Balaban J connectivity index is 2.81. The summed E-state index contributed by atoms with van der Waals surface area (Å²) < 4.78 is 0. The first kappa shape index (κ1) is 14.9. The Hall–Kier alpha value is -0.0800. The minimum Gasteiger partial charge on any atom is -0.258 e. The molecule has 0 heterocycles. The zero-order chi connectivity index (χ0) is 11.2. The van der Waals surface area contributed by atoms with Crippen molar-refractivity contribution < 1.29 is 0 Å². The first-order valence-electron chi connectivity index (χ1n) is 6.87. The maximum absolute atomic E-state index is 3.20. The van der Waals surface area contributed by atoms with E-state index in [1.165, 1.54) is 57.8 Å². The molecule has 0 aliphatic carbocycles. The second-order valence-electron chi connectivity index (χ2n) is 4.29. The lowest BCUT2D eigenvalue weighted by atomic mass is 10.1. The number of hydrazine groups is 1. The summed E-state index contributed by atoms with van der Waals surface area (Å²) in [5, 5.41) is 0. The van der Waals surface area contributed by atoms with Crippen LogP contribution in [0, 0.1) is 0 Å². The van der Waals surface area contributed by atoms with Crippen molar-refractivity contribution in [3.8, 4) is 0 Å². The third-order valence-corrected chi connectivity index (χ3v) is 2.71. The Morgan fingerprint density at radius 1 is 0.600 bits per heavy atom. The van der Waals surface area contributed by atoms with Crippen LogP contribution in [0.3, 0.4) is 0 Å². The van der Waals surface area contributed by atoms with Crippen molar-refractivity contribution in [2.45, 2.75) is 71.6 Å². The number of rotatable bonds is 12. The van der Waals surface area contributed by atoms with Gasteiger partial charge in [0.1, 0.15) is 0 Å². The largest absolute Gasteiger partial charge is 0.258 e. The van der Waals surface area contributed by atoms with Crippen molar-refractivity contribution >= 4 is 0 Å². The van der Waals surface area contributed by atoms with Crippen LogP contribution in [0.4, 0.5) is 0 Å². The van der Waals surface area contributed by atoms with E-state index in [0.29, 0.717) is 0 Å². The van der Waals surface area contributed by atoms with E-state index in [9.17, 15) is 0 Å². The lowest BCUT2D eigenvalue weighted by Gasteiger charge is -2.04. The van der Waals surface area contributed by atoms with Crippen LogP contribution in [0.5, 0.6) is 0 Å². The summed E-state index contributed by atoms with van der Waals surface area (Å²) in [6.07, 6.45) is 12.7. The van der Waals surface area contributed by atoms with Crippen molar-refractivity contribution in [3.63, 3.8) is 0 Å². The molecule has 15 heavy (non-hydrogen) atoms. The molecule has 2 heteroatoms. The topological polar surface area (TPSA) is 24.1 Å². The first-order chi connectivity index (χ1) is 7.41. The minimum atomic E-state index is 1.01. The lowest BCUT2D eigenvalue weighted by molar-refractivity contribution is 0.507. The van der Waals surface area contributed by atoms with Gasteiger partial charge in [-0.2, -0.15) is 0 Å². The molecule has 92 valence electrons. The van der Waals surface area contributed by atoms with Crippen molar-refractivity contribution in [1.29, 1.82) is 0 Å². The van der Waals surface area contributed by atoms with Gasteiger partial charge >= 0.3 is 0 Å². The Kier molecular flexibility index (Phi) is 13.8. The van der Waals surface area contributed by atoms with Gasteiger partial charge < -0.3 is 0 Å². The normalized spacial score (nSPS) is 10.8. The molecule has 2 nitrogen and oxygen atoms in total. The highest BCUT2D eigenvalue weighted by Crippen LogP contribution is 2.08. The van der Waals surface area contributed by atoms with E-state index in [0.717, 1.165) is 13.1 Å². The van der Waals surface area contributed by atoms with Crippen molar-refractivity contribution in [3.05, 3.63) is 0 Å². The van der Waals surface area contributed by atoms with Gasteiger partial charge in [-0.15, -0.1) is 0 Å². The summed E-state index contributed by atoms with van der Waals surface area (Å²) in [6.45, 7) is 6.52. The van der Waals surface area contributed by atoms with Crippen molar-refractivity contribution in [2.24, 2.45) is 0 Å². The highest BCUT2D eigenvalue weighted by molar-refractivity contribution is 4.48. The number of hydrogen-bond donors (Lipinski definition) is 2. The maximum Gasteiger partial charge on any atom is 0.00997 e. The second-order valence-corrected chi connectivity index (χ2v) is 4.29. The number of hydrogen-bond acceptors (Lipinski definition) is 2. The molecule has 0 unspecified atom stereocenters. The third-order valence-electron chi connectivity index (χ3n) is 2.71. The van der Waals surface area contributed by atoms with Crippen LogP contribution in [-0.4, -0.2) is 13.1 Å². The van der Waals surface area contributed by atoms with E-state index in [1.807, 2.05) is 0 Å². The molecule has 0 fully saturated rings. The standard InChI is InChI=1S/C13H30N2/c1-3-5-6-7-8-9-10-11-12-13-15-14-4-2/h14-15H,3-13H2,1-2H3. The summed E-state index contributed by atoms with van der Waals surface area (Å²) >= 11 is 0. The highest BCUT2D eigenvalue weighted by atomic mass is 15.3. The van der Waals surface area contributed by atoms with Gasteiger partial charge in [-0.05, 0) is 6.42 Å². The molecule has 0 aliphatic rings. The fraction of sp³-hybridized carbons (Fsp3) is 1.00. The molecule has 0 bridgehead atoms. The highest BCUT2D eigenvalue weighted by Gasteiger charge is 1.91. The van der Waals surface area contributed by atoms with E-state index >= 15 is 0 Å². The predicted octanol–water partition coefficient (Wildman–Crippen LogP) is 3.63. The minimum absolute atomic E-state index is 1.01. The Morgan fingerprint density at radius 2 is 1.13 bits per heavy atom. The fourth-order valence-electron chi connectivity index (χ4n) is 1.74. The van der Waals surface area contributed by atoms with Crippen LogP contribution in [0.2, 0.25) is 0 Å². The van der Waals surface area contributed by atoms with Gasteiger partial charge in [-0.3, -0.25) is 10.9 Å². The molecule has 2 N–H and O–H groups in total. The summed E-state index contributed by atoms with van der Waals surface area (Å²) in [7, 11) is 0. The Bertz CT molecular complexity index is 92.7. The van der Waals surface area contributed by atoms with Gasteiger partial charge in [0.25, 0.3) is 0 Å². The van der Waals surface area contributed by atoms with Crippen molar-refractivity contribution in [2.75, 3.05) is 13.1 Å².